The Bertz CT molecular complexity index is 1170. The van der Waals surface area contributed by atoms with Gasteiger partial charge in [0.1, 0.15) is 11.6 Å². The normalized spacial score (nSPS) is 11.1. The summed E-state index contributed by atoms with van der Waals surface area (Å²) in [6, 6.07) is 23.0. The third-order valence-corrected chi connectivity index (χ3v) is 4.58. The van der Waals surface area contributed by atoms with Gasteiger partial charge in [-0.15, -0.1) is 0 Å². The lowest BCUT2D eigenvalue weighted by Gasteiger charge is -2.02. The van der Waals surface area contributed by atoms with Crippen LogP contribution in [0.2, 0.25) is 0 Å². The van der Waals surface area contributed by atoms with Crippen molar-refractivity contribution in [3.05, 3.63) is 95.3 Å². The van der Waals surface area contributed by atoms with E-state index in [1.54, 1.807) is 18.3 Å². The van der Waals surface area contributed by atoms with E-state index < -0.39 is 0 Å². The van der Waals surface area contributed by atoms with Crippen LogP contribution in [0.15, 0.2) is 77.9 Å². The Hall–Kier alpha value is -3.93. The van der Waals surface area contributed by atoms with Gasteiger partial charge < -0.3 is 9.72 Å². The fraction of sp³-hybridized carbons (Fsp3) is 0.125. The molecule has 1 aromatic heterocycles. The number of fused-ring (bicyclic) bond motifs is 1. The predicted octanol–water partition coefficient (Wildman–Crippen LogP) is 4.32. The number of imidazole rings is 1. The Balaban J connectivity index is 1.41. The van der Waals surface area contributed by atoms with Crippen molar-refractivity contribution in [2.24, 2.45) is 5.10 Å². The Morgan fingerprint density at radius 2 is 1.90 bits per heavy atom. The van der Waals surface area contributed by atoms with E-state index in [1.165, 1.54) is 5.56 Å². The number of carbonyl (C=O) groups is 1. The first-order chi connectivity index (χ1) is 14.7. The van der Waals surface area contributed by atoms with Crippen molar-refractivity contribution < 1.29 is 9.53 Å². The fourth-order valence-corrected chi connectivity index (χ4v) is 3.12. The van der Waals surface area contributed by atoms with Crippen LogP contribution >= 0.6 is 0 Å². The molecule has 0 atom stereocenters. The van der Waals surface area contributed by atoms with Crippen LogP contribution in [0.5, 0.6) is 5.75 Å². The van der Waals surface area contributed by atoms with Crippen molar-refractivity contribution in [1.82, 2.24) is 15.4 Å². The van der Waals surface area contributed by atoms with Gasteiger partial charge in [-0.2, -0.15) is 5.10 Å². The minimum atomic E-state index is -0.279. The first-order valence-corrected chi connectivity index (χ1v) is 9.80. The zero-order valence-electron chi connectivity index (χ0n) is 16.6. The molecule has 4 rings (SSSR count). The molecule has 0 saturated heterocycles. The summed E-state index contributed by atoms with van der Waals surface area (Å²) in [6.45, 7) is 2.56. The second-order valence-corrected chi connectivity index (χ2v) is 6.78. The van der Waals surface area contributed by atoms with Gasteiger partial charge in [-0.25, -0.2) is 10.4 Å². The van der Waals surface area contributed by atoms with Gasteiger partial charge in [0.15, 0.2) is 0 Å². The van der Waals surface area contributed by atoms with Gasteiger partial charge in [0.25, 0.3) is 5.91 Å². The number of nitrogens with zero attached hydrogens (tertiary/aromatic N) is 2. The van der Waals surface area contributed by atoms with Gasteiger partial charge in [-0.1, -0.05) is 30.3 Å². The summed E-state index contributed by atoms with van der Waals surface area (Å²) < 4.78 is 5.41. The number of ether oxygens (including phenoxy) is 1. The second kappa shape index (κ2) is 9.05. The van der Waals surface area contributed by atoms with Gasteiger partial charge in [0.2, 0.25) is 0 Å². The largest absolute Gasteiger partial charge is 0.494 e. The molecule has 2 N–H and O–H groups in total. The van der Waals surface area contributed by atoms with E-state index in [9.17, 15) is 4.79 Å². The number of carbonyl (C=O) groups excluding carboxylic acids is 1. The summed E-state index contributed by atoms with van der Waals surface area (Å²) in [7, 11) is 0. The molecule has 0 radical (unpaired) electrons. The van der Waals surface area contributed by atoms with E-state index in [4.69, 9.17) is 4.74 Å². The van der Waals surface area contributed by atoms with Crippen molar-refractivity contribution in [3.63, 3.8) is 0 Å². The SMILES string of the molecule is CCOc1ccc(/C=N\NC(=O)c2ccc3nc(Cc4ccccc4)[nH]c3c2)cc1. The fourth-order valence-electron chi connectivity index (χ4n) is 3.12. The number of nitrogens with one attached hydrogen (secondary N) is 2. The predicted molar refractivity (Wildman–Crippen MR) is 118 cm³/mol. The molecule has 1 heterocycles. The first-order valence-electron chi connectivity index (χ1n) is 9.80. The van der Waals surface area contributed by atoms with E-state index >= 15 is 0 Å². The van der Waals surface area contributed by atoms with Crippen LogP contribution in [0, 0.1) is 0 Å². The average Bonchev–Trinajstić information content (AvgIpc) is 3.17. The highest BCUT2D eigenvalue weighted by atomic mass is 16.5. The molecule has 4 aromatic rings. The lowest BCUT2D eigenvalue weighted by molar-refractivity contribution is 0.0955. The molecule has 0 spiro atoms. The maximum Gasteiger partial charge on any atom is 0.271 e. The van der Waals surface area contributed by atoms with Crippen molar-refractivity contribution in [2.75, 3.05) is 6.61 Å². The molecule has 0 aliphatic heterocycles. The molecule has 0 aliphatic carbocycles. The third-order valence-electron chi connectivity index (χ3n) is 4.58. The highest BCUT2D eigenvalue weighted by molar-refractivity contribution is 5.97. The zero-order valence-corrected chi connectivity index (χ0v) is 16.6. The number of hydrogen-bond acceptors (Lipinski definition) is 4. The minimum absolute atomic E-state index is 0.279. The molecular formula is C24H22N4O2. The topological polar surface area (TPSA) is 79.4 Å². The van der Waals surface area contributed by atoms with Gasteiger partial charge in [0, 0.05) is 12.0 Å². The van der Waals surface area contributed by atoms with E-state index in [-0.39, 0.29) is 5.91 Å². The molecule has 1 amide bonds. The highest BCUT2D eigenvalue weighted by Gasteiger charge is 2.09. The molecule has 3 aromatic carbocycles. The van der Waals surface area contributed by atoms with Crippen LogP contribution in [0.25, 0.3) is 11.0 Å². The molecule has 6 nitrogen and oxygen atoms in total. The monoisotopic (exact) mass is 398 g/mol. The molecule has 0 saturated carbocycles. The Morgan fingerprint density at radius 3 is 2.67 bits per heavy atom. The number of benzene rings is 3. The number of hydrazone groups is 1. The standard InChI is InChI=1S/C24H22N4O2/c1-2-30-20-11-8-18(9-12-20)16-25-28-24(29)19-10-13-21-22(15-19)27-23(26-21)14-17-6-4-3-5-7-17/h3-13,15-16H,2,14H2,1H3,(H,26,27)(H,28,29)/b25-16-. The van der Waals surface area contributed by atoms with Crippen molar-refractivity contribution in [1.29, 1.82) is 0 Å². The molecule has 150 valence electrons. The smallest absolute Gasteiger partial charge is 0.271 e. The summed E-state index contributed by atoms with van der Waals surface area (Å²) in [5.41, 5.74) is 6.78. The van der Waals surface area contributed by atoms with Gasteiger partial charge in [-0.3, -0.25) is 4.79 Å². The second-order valence-electron chi connectivity index (χ2n) is 6.78. The first kappa shape index (κ1) is 19.4. The molecule has 0 unspecified atom stereocenters. The van der Waals surface area contributed by atoms with Gasteiger partial charge in [0.05, 0.1) is 23.9 Å². The summed E-state index contributed by atoms with van der Waals surface area (Å²) in [4.78, 5) is 20.3. The van der Waals surface area contributed by atoms with Gasteiger partial charge >= 0.3 is 0 Å². The highest BCUT2D eigenvalue weighted by Crippen LogP contribution is 2.16. The van der Waals surface area contributed by atoms with Crippen LogP contribution in [0.1, 0.15) is 34.2 Å². The number of rotatable bonds is 7. The molecule has 0 bridgehead atoms. The van der Waals surface area contributed by atoms with E-state index in [2.05, 4.69) is 32.6 Å². The lowest BCUT2D eigenvalue weighted by Crippen LogP contribution is -2.17. The van der Waals surface area contributed by atoms with E-state index in [1.807, 2.05) is 55.5 Å². The lowest BCUT2D eigenvalue weighted by atomic mass is 10.1. The number of aromatic amines is 1. The average molecular weight is 398 g/mol. The van der Waals surface area contributed by atoms with Crippen LogP contribution in [-0.4, -0.2) is 28.7 Å². The molecule has 0 aliphatic rings. The number of aromatic nitrogens is 2. The number of hydrogen-bond donors (Lipinski definition) is 2. The van der Waals surface area contributed by atoms with Crippen LogP contribution in [-0.2, 0) is 6.42 Å². The third kappa shape index (κ3) is 4.72. The van der Waals surface area contributed by atoms with Crippen LogP contribution in [0.3, 0.4) is 0 Å². The van der Waals surface area contributed by atoms with Crippen molar-refractivity contribution >= 4 is 23.2 Å². The van der Waals surface area contributed by atoms with E-state index in [0.29, 0.717) is 18.6 Å². The molecular weight excluding hydrogens is 376 g/mol. The number of H-pyrrole nitrogens is 1. The minimum Gasteiger partial charge on any atom is -0.494 e. The molecule has 30 heavy (non-hydrogen) atoms. The van der Waals surface area contributed by atoms with Gasteiger partial charge in [-0.05, 0) is 60.5 Å². The van der Waals surface area contributed by atoms with Crippen molar-refractivity contribution in [3.8, 4) is 5.75 Å². The maximum absolute atomic E-state index is 12.4. The Labute approximate surface area is 174 Å². The quantitative estimate of drug-likeness (QED) is 0.359. The number of amides is 1. The van der Waals surface area contributed by atoms with Crippen LogP contribution in [0.4, 0.5) is 0 Å². The zero-order chi connectivity index (χ0) is 20.8. The van der Waals surface area contributed by atoms with E-state index in [0.717, 1.165) is 28.2 Å². The molecule has 6 heteroatoms. The Kier molecular flexibility index (Phi) is 5.85. The van der Waals surface area contributed by atoms with Crippen molar-refractivity contribution in [2.45, 2.75) is 13.3 Å². The maximum atomic E-state index is 12.4. The summed E-state index contributed by atoms with van der Waals surface area (Å²) in [5, 5.41) is 4.04. The summed E-state index contributed by atoms with van der Waals surface area (Å²) >= 11 is 0. The summed E-state index contributed by atoms with van der Waals surface area (Å²) in [6.07, 6.45) is 2.31. The summed E-state index contributed by atoms with van der Waals surface area (Å²) in [5.74, 6) is 1.39. The Morgan fingerprint density at radius 1 is 1.10 bits per heavy atom. The van der Waals surface area contributed by atoms with Crippen LogP contribution < -0.4 is 10.2 Å². The molecule has 0 fully saturated rings.